The van der Waals surface area contributed by atoms with Crippen LogP contribution in [-0.2, 0) is 19.6 Å². The predicted octanol–water partition coefficient (Wildman–Crippen LogP) is 1.19. The Balaban J connectivity index is 2.24. The van der Waals surface area contributed by atoms with Crippen LogP contribution >= 0.6 is 0 Å². The zero-order valence-corrected chi connectivity index (χ0v) is 13.7. The fourth-order valence-corrected chi connectivity index (χ4v) is 4.09. The van der Waals surface area contributed by atoms with Crippen molar-refractivity contribution in [1.82, 2.24) is 4.31 Å². The Morgan fingerprint density at radius 3 is 2.70 bits per heavy atom. The molecule has 128 valence electrons. The summed E-state index contributed by atoms with van der Waals surface area (Å²) in [5.41, 5.74) is 0. The molecular weight excluding hydrogens is 326 g/mol. The number of furan rings is 1. The molecule has 1 aromatic rings. The summed E-state index contributed by atoms with van der Waals surface area (Å²) >= 11 is 0. The molecule has 2 rings (SSSR count). The number of aliphatic carboxylic acids is 1. The Labute approximate surface area is 134 Å². The average molecular weight is 345 g/mol. The van der Waals surface area contributed by atoms with Crippen molar-refractivity contribution in [2.45, 2.75) is 25.4 Å². The molecule has 0 spiro atoms. The van der Waals surface area contributed by atoms with Gasteiger partial charge in [-0.05, 0) is 31.4 Å². The molecule has 2 heterocycles. The molecule has 1 N–H and O–H groups in total. The summed E-state index contributed by atoms with van der Waals surface area (Å²) in [4.78, 5) is 22.7. The summed E-state index contributed by atoms with van der Waals surface area (Å²) in [5, 5.41) is 8.75. The van der Waals surface area contributed by atoms with Gasteiger partial charge in [0, 0.05) is 13.1 Å². The molecule has 0 amide bonds. The van der Waals surface area contributed by atoms with Crippen LogP contribution in [0.4, 0.5) is 0 Å². The third-order valence-electron chi connectivity index (χ3n) is 3.63. The van der Waals surface area contributed by atoms with E-state index in [1.54, 1.807) is 13.8 Å². The van der Waals surface area contributed by atoms with Crippen LogP contribution in [0.15, 0.2) is 21.6 Å². The number of carbonyl (C=O) groups excluding carboxylic acids is 1. The fraction of sp³-hybridized carbons (Fsp3) is 0.571. The number of carbonyl (C=O) groups is 2. The normalized spacial score (nSPS) is 22.7. The summed E-state index contributed by atoms with van der Waals surface area (Å²) in [7, 11) is -3.99. The zero-order valence-electron chi connectivity index (χ0n) is 12.9. The van der Waals surface area contributed by atoms with E-state index in [9.17, 15) is 18.0 Å². The lowest BCUT2D eigenvalue weighted by Crippen LogP contribution is -2.45. The smallest absolute Gasteiger partial charge is 0.374 e. The molecule has 1 aliphatic rings. The van der Waals surface area contributed by atoms with Gasteiger partial charge in [0.1, 0.15) is 0 Å². The minimum atomic E-state index is -3.99. The lowest BCUT2D eigenvalue weighted by Gasteiger charge is -2.33. The molecule has 1 aromatic heterocycles. The van der Waals surface area contributed by atoms with Crippen molar-refractivity contribution in [1.29, 1.82) is 0 Å². The van der Waals surface area contributed by atoms with Crippen LogP contribution < -0.4 is 0 Å². The first-order chi connectivity index (χ1) is 10.8. The van der Waals surface area contributed by atoms with E-state index in [-0.39, 0.29) is 31.4 Å². The van der Waals surface area contributed by atoms with Crippen molar-refractivity contribution < 1.29 is 32.3 Å². The lowest BCUT2D eigenvalue weighted by molar-refractivity contribution is -0.143. The number of esters is 1. The molecule has 23 heavy (non-hydrogen) atoms. The summed E-state index contributed by atoms with van der Waals surface area (Å²) < 4.78 is 36.1. The third-order valence-corrected chi connectivity index (χ3v) is 5.33. The van der Waals surface area contributed by atoms with E-state index in [1.807, 2.05) is 0 Å². The average Bonchev–Trinajstić information content (AvgIpc) is 2.97. The Morgan fingerprint density at radius 1 is 1.39 bits per heavy atom. The molecular formula is C14H19NO7S. The third kappa shape index (κ3) is 3.73. The minimum absolute atomic E-state index is 0.0842. The van der Waals surface area contributed by atoms with Gasteiger partial charge in [-0.3, -0.25) is 4.79 Å². The predicted molar refractivity (Wildman–Crippen MR) is 78.3 cm³/mol. The summed E-state index contributed by atoms with van der Waals surface area (Å²) in [6, 6.07) is 2.41. The van der Waals surface area contributed by atoms with Crippen LogP contribution in [0.25, 0.3) is 0 Å². The highest BCUT2D eigenvalue weighted by Gasteiger charge is 2.37. The molecule has 0 saturated carbocycles. The Hall–Kier alpha value is -1.87. The maximum Gasteiger partial charge on any atom is 0.374 e. The van der Waals surface area contributed by atoms with Crippen LogP contribution in [0, 0.1) is 11.8 Å². The van der Waals surface area contributed by atoms with Crippen molar-refractivity contribution in [2.75, 3.05) is 19.7 Å². The quantitative estimate of drug-likeness (QED) is 0.797. The van der Waals surface area contributed by atoms with Gasteiger partial charge >= 0.3 is 11.9 Å². The van der Waals surface area contributed by atoms with Crippen LogP contribution in [0.3, 0.4) is 0 Å². The van der Waals surface area contributed by atoms with Crippen LogP contribution in [0.5, 0.6) is 0 Å². The molecule has 1 saturated heterocycles. The molecule has 1 aliphatic heterocycles. The highest BCUT2D eigenvalue weighted by molar-refractivity contribution is 7.89. The monoisotopic (exact) mass is 345 g/mol. The van der Waals surface area contributed by atoms with Gasteiger partial charge in [-0.15, -0.1) is 0 Å². The van der Waals surface area contributed by atoms with Crippen molar-refractivity contribution in [3.63, 3.8) is 0 Å². The molecule has 0 bridgehead atoms. The lowest BCUT2D eigenvalue weighted by atomic mass is 9.92. The Morgan fingerprint density at radius 2 is 2.09 bits per heavy atom. The first kappa shape index (κ1) is 17.5. The van der Waals surface area contributed by atoms with Crippen molar-refractivity contribution >= 4 is 22.0 Å². The molecule has 0 aliphatic carbocycles. The number of carboxylic acids is 1. The fourth-order valence-electron chi connectivity index (χ4n) is 2.58. The highest BCUT2D eigenvalue weighted by atomic mass is 32.2. The van der Waals surface area contributed by atoms with Gasteiger partial charge in [-0.1, -0.05) is 6.92 Å². The molecule has 2 unspecified atom stereocenters. The van der Waals surface area contributed by atoms with Gasteiger partial charge < -0.3 is 14.3 Å². The van der Waals surface area contributed by atoms with Crippen molar-refractivity contribution in [2.24, 2.45) is 11.8 Å². The Bertz CT molecular complexity index is 694. The van der Waals surface area contributed by atoms with Crippen molar-refractivity contribution in [3.8, 4) is 0 Å². The van der Waals surface area contributed by atoms with E-state index >= 15 is 0 Å². The van der Waals surface area contributed by atoms with Crippen molar-refractivity contribution in [3.05, 3.63) is 17.9 Å². The molecule has 0 radical (unpaired) electrons. The number of sulfonamides is 1. The maximum atomic E-state index is 12.6. The van der Waals surface area contributed by atoms with Gasteiger partial charge in [-0.2, -0.15) is 4.31 Å². The van der Waals surface area contributed by atoms with Gasteiger partial charge in [-0.25, -0.2) is 13.2 Å². The van der Waals surface area contributed by atoms with Gasteiger partial charge in [0.2, 0.25) is 10.9 Å². The van der Waals surface area contributed by atoms with E-state index in [1.165, 1.54) is 12.1 Å². The van der Waals surface area contributed by atoms with E-state index in [4.69, 9.17) is 14.3 Å². The van der Waals surface area contributed by atoms with E-state index in [0.717, 1.165) is 4.31 Å². The van der Waals surface area contributed by atoms with Gasteiger partial charge in [0.25, 0.3) is 10.0 Å². The SMILES string of the molecule is CCOC(=O)c1ccc(S(=O)(=O)N2CC(C)CC(C(=O)O)C2)o1. The molecule has 8 nitrogen and oxygen atoms in total. The standard InChI is InChI=1S/C14H19NO7S/c1-3-21-14(18)11-4-5-12(22-11)23(19,20)15-7-9(2)6-10(8-15)13(16)17/h4-5,9-10H,3,6-8H2,1-2H3,(H,16,17). The zero-order chi connectivity index (χ0) is 17.2. The molecule has 2 atom stereocenters. The van der Waals surface area contributed by atoms with E-state index in [2.05, 4.69) is 0 Å². The van der Waals surface area contributed by atoms with Crippen LogP contribution in [0.1, 0.15) is 30.8 Å². The largest absolute Gasteiger partial charge is 0.481 e. The first-order valence-electron chi connectivity index (χ1n) is 7.25. The van der Waals surface area contributed by atoms with E-state index in [0.29, 0.717) is 6.42 Å². The molecule has 0 aromatic carbocycles. The Kier molecular flexibility index (Phi) is 5.10. The highest BCUT2D eigenvalue weighted by Crippen LogP contribution is 2.28. The number of ether oxygens (including phenoxy) is 1. The minimum Gasteiger partial charge on any atom is -0.481 e. The summed E-state index contributed by atoms with van der Waals surface area (Å²) in [5.74, 6) is -2.81. The van der Waals surface area contributed by atoms with E-state index < -0.39 is 33.0 Å². The van der Waals surface area contributed by atoms with Gasteiger partial charge in [0.15, 0.2) is 0 Å². The number of hydrogen-bond donors (Lipinski definition) is 1. The topological polar surface area (TPSA) is 114 Å². The summed E-state index contributed by atoms with van der Waals surface area (Å²) in [6.07, 6.45) is 0.424. The second kappa shape index (κ2) is 6.71. The second-order valence-electron chi connectivity index (χ2n) is 5.54. The molecule has 1 fully saturated rings. The van der Waals surface area contributed by atoms with Crippen LogP contribution in [0.2, 0.25) is 0 Å². The molecule has 9 heteroatoms. The number of piperidine rings is 1. The van der Waals surface area contributed by atoms with Crippen LogP contribution in [-0.4, -0.2) is 49.5 Å². The number of hydrogen-bond acceptors (Lipinski definition) is 6. The van der Waals surface area contributed by atoms with Gasteiger partial charge in [0.05, 0.1) is 12.5 Å². The number of rotatable bonds is 5. The first-order valence-corrected chi connectivity index (χ1v) is 8.69. The maximum absolute atomic E-state index is 12.6. The summed E-state index contributed by atoms with van der Waals surface area (Å²) in [6.45, 7) is 3.66. The second-order valence-corrected chi connectivity index (χ2v) is 7.41. The number of carboxylic acid groups (broad SMARTS) is 1. The number of nitrogens with zero attached hydrogens (tertiary/aromatic N) is 1.